The van der Waals surface area contributed by atoms with Gasteiger partial charge in [0.2, 0.25) is 0 Å². The molecule has 0 nitrogen and oxygen atoms in total. The van der Waals surface area contributed by atoms with Crippen molar-refractivity contribution in [3.63, 3.8) is 0 Å². The fourth-order valence-electron chi connectivity index (χ4n) is 2.45. The molecule has 0 N–H and O–H groups in total. The number of hydrogen-bond acceptors (Lipinski definition) is 0. The van der Waals surface area contributed by atoms with Gasteiger partial charge < -0.3 is 1.43 Å². The molecule has 1 heteroatoms. The van der Waals surface area contributed by atoms with Crippen molar-refractivity contribution in [3.05, 3.63) is 12.2 Å². The molecular formula is C18H37Na. The monoisotopic (exact) mass is 276 g/mol. The second-order valence-corrected chi connectivity index (χ2v) is 5.60. The molecule has 0 rings (SSSR count). The van der Waals surface area contributed by atoms with Crippen molar-refractivity contribution in [2.45, 2.75) is 104 Å². The maximum Gasteiger partial charge on any atom is 1.00 e. The predicted octanol–water partition coefficient (Wildman–Crippen LogP) is 4.16. The number of allylic oxidation sites excluding steroid dienone is 2. The molecule has 0 saturated carbocycles. The van der Waals surface area contributed by atoms with Gasteiger partial charge in [-0.2, -0.15) is 0 Å². The first kappa shape index (κ1) is 22.0. The Labute approximate surface area is 146 Å². The third kappa shape index (κ3) is 21.2. The van der Waals surface area contributed by atoms with Gasteiger partial charge in [-0.3, -0.25) is 0 Å². The van der Waals surface area contributed by atoms with Crippen LogP contribution in [-0.4, -0.2) is 0 Å². The van der Waals surface area contributed by atoms with Crippen molar-refractivity contribution in [2.75, 3.05) is 0 Å². The standard InChI is InChI=1S/C18H36.Na.H/c1-3-5-7-9-11-13-15-17-18-16-14-12-10-8-6-4-2;;/h3,5H,4,6-18H2,1-2H3;;/q;+1;-1. The molecule has 0 heterocycles. The molecule has 0 aliphatic carbocycles. The molecule has 0 aromatic rings. The third-order valence-corrected chi connectivity index (χ3v) is 3.71. The van der Waals surface area contributed by atoms with Crippen molar-refractivity contribution in [1.82, 2.24) is 0 Å². The summed E-state index contributed by atoms with van der Waals surface area (Å²) in [5.41, 5.74) is 0. The zero-order valence-corrected chi connectivity index (χ0v) is 16.1. The zero-order valence-electron chi connectivity index (χ0n) is 15.1. The molecule has 0 atom stereocenters. The van der Waals surface area contributed by atoms with Gasteiger partial charge in [0.05, 0.1) is 0 Å². The van der Waals surface area contributed by atoms with E-state index in [2.05, 4.69) is 26.0 Å². The Bertz CT molecular complexity index is 169. The van der Waals surface area contributed by atoms with E-state index in [1.54, 1.807) is 0 Å². The molecule has 0 amide bonds. The van der Waals surface area contributed by atoms with Crippen LogP contribution < -0.4 is 29.6 Å². The van der Waals surface area contributed by atoms with Crippen LogP contribution in [0.4, 0.5) is 0 Å². The topological polar surface area (TPSA) is 0 Å². The van der Waals surface area contributed by atoms with Crippen molar-refractivity contribution in [1.29, 1.82) is 0 Å². The van der Waals surface area contributed by atoms with Crippen LogP contribution >= 0.6 is 0 Å². The summed E-state index contributed by atoms with van der Waals surface area (Å²) in [4.78, 5) is 0. The summed E-state index contributed by atoms with van der Waals surface area (Å²) < 4.78 is 0. The first-order chi connectivity index (χ1) is 8.91. The fraction of sp³-hybridized carbons (Fsp3) is 0.889. The maximum absolute atomic E-state index is 2.29. The van der Waals surface area contributed by atoms with Gasteiger partial charge in [-0.15, -0.1) is 0 Å². The summed E-state index contributed by atoms with van der Waals surface area (Å²) in [5.74, 6) is 0. The fourth-order valence-corrected chi connectivity index (χ4v) is 2.45. The number of hydrogen-bond donors (Lipinski definition) is 0. The molecule has 19 heavy (non-hydrogen) atoms. The van der Waals surface area contributed by atoms with Gasteiger partial charge in [0.1, 0.15) is 0 Å². The summed E-state index contributed by atoms with van der Waals surface area (Å²) >= 11 is 0. The Hall–Kier alpha value is 0.740. The summed E-state index contributed by atoms with van der Waals surface area (Å²) in [6, 6.07) is 0. The Morgan fingerprint density at radius 2 is 1.00 bits per heavy atom. The predicted molar refractivity (Wildman–Crippen MR) is 86.2 cm³/mol. The van der Waals surface area contributed by atoms with Crippen LogP contribution in [0.15, 0.2) is 12.2 Å². The molecule has 0 saturated heterocycles. The molecule has 0 radical (unpaired) electrons. The van der Waals surface area contributed by atoms with Gasteiger partial charge in [-0.25, -0.2) is 0 Å². The third-order valence-electron chi connectivity index (χ3n) is 3.71. The number of unbranched alkanes of at least 4 members (excludes halogenated alkanes) is 13. The SMILES string of the molecule is CC=CCCCCCCCCCCCCCCC.[H-].[Na+]. The van der Waals surface area contributed by atoms with Crippen molar-refractivity contribution >= 4 is 0 Å². The van der Waals surface area contributed by atoms with E-state index >= 15 is 0 Å². The second kappa shape index (κ2) is 21.0. The van der Waals surface area contributed by atoms with Crippen LogP contribution in [-0.2, 0) is 0 Å². The van der Waals surface area contributed by atoms with Gasteiger partial charge in [0.15, 0.2) is 0 Å². The van der Waals surface area contributed by atoms with Crippen LogP contribution in [0.25, 0.3) is 0 Å². The van der Waals surface area contributed by atoms with E-state index < -0.39 is 0 Å². The van der Waals surface area contributed by atoms with E-state index in [1.165, 1.54) is 89.9 Å². The smallest absolute Gasteiger partial charge is 1.00 e. The van der Waals surface area contributed by atoms with Crippen LogP contribution in [0.2, 0.25) is 0 Å². The Balaban J connectivity index is -0.00000144. The van der Waals surface area contributed by atoms with Gasteiger partial charge in [-0.05, 0) is 19.8 Å². The van der Waals surface area contributed by atoms with Gasteiger partial charge in [0.25, 0.3) is 0 Å². The Kier molecular flexibility index (Phi) is 24.4. The number of rotatable bonds is 14. The summed E-state index contributed by atoms with van der Waals surface area (Å²) in [7, 11) is 0. The van der Waals surface area contributed by atoms with E-state index in [0.29, 0.717) is 0 Å². The summed E-state index contributed by atoms with van der Waals surface area (Å²) in [6.45, 7) is 4.40. The van der Waals surface area contributed by atoms with E-state index in [-0.39, 0.29) is 31.0 Å². The molecular weight excluding hydrogens is 239 g/mol. The van der Waals surface area contributed by atoms with Gasteiger partial charge in [-0.1, -0.05) is 96.1 Å². The second-order valence-electron chi connectivity index (χ2n) is 5.60. The summed E-state index contributed by atoms with van der Waals surface area (Å²) in [6.07, 6.45) is 24.6. The van der Waals surface area contributed by atoms with Crippen LogP contribution in [0.5, 0.6) is 0 Å². The molecule has 0 aliphatic rings. The minimum atomic E-state index is 0. The minimum Gasteiger partial charge on any atom is -1.00 e. The average Bonchev–Trinajstić information content (AvgIpc) is 2.39. The van der Waals surface area contributed by atoms with Crippen LogP contribution in [0, 0.1) is 0 Å². The molecule has 0 aromatic carbocycles. The van der Waals surface area contributed by atoms with Gasteiger partial charge in [0, 0.05) is 0 Å². The van der Waals surface area contributed by atoms with E-state index in [1.807, 2.05) is 0 Å². The Morgan fingerprint density at radius 1 is 0.632 bits per heavy atom. The van der Waals surface area contributed by atoms with E-state index in [4.69, 9.17) is 0 Å². The molecule has 0 fully saturated rings. The maximum atomic E-state index is 2.29. The molecule has 0 aliphatic heterocycles. The Morgan fingerprint density at radius 3 is 1.37 bits per heavy atom. The van der Waals surface area contributed by atoms with Crippen molar-refractivity contribution in [2.24, 2.45) is 0 Å². The van der Waals surface area contributed by atoms with Crippen LogP contribution in [0.3, 0.4) is 0 Å². The first-order valence-electron chi connectivity index (χ1n) is 8.53. The molecule has 0 aromatic heterocycles. The molecule has 0 unspecified atom stereocenters. The molecule has 0 bridgehead atoms. The quantitative estimate of drug-likeness (QED) is 0.254. The van der Waals surface area contributed by atoms with Crippen molar-refractivity contribution in [3.8, 4) is 0 Å². The summed E-state index contributed by atoms with van der Waals surface area (Å²) in [5, 5.41) is 0. The van der Waals surface area contributed by atoms with E-state index in [0.717, 1.165) is 0 Å². The van der Waals surface area contributed by atoms with Gasteiger partial charge >= 0.3 is 29.6 Å². The molecule has 0 spiro atoms. The molecule has 110 valence electrons. The van der Waals surface area contributed by atoms with Crippen LogP contribution in [0.1, 0.15) is 105 Å². The van der Waals surface area contributed by atoms with E-state index in [9.17, 15) is 0 Å². The average molecular weight is 276 g/mol. The van der Waals surface area contributed by atoms with Crippen molar-refractivity contribution < 1.29 is 31.0 Å². The minimum absolute atomic E-state index is 0. The largest absolute Gasteiger partial charge is 1.00 e. The zero-order chi connectivity index (χ0) is 13.3. The normalized spacial score (nSPS) is 10.8. The first-order valence-corrected chi connectivity index (χ1v) is 8.53.